The molecule has 0 N–H and O–H groups in total. The molecule has 1 unspecified atom stereocenters. The van der Waals surface area contributed by atoms with E-state index in [0.717, 1.165) is 16.0 Å². The molecule has 1 atom stereocenters. The fourth-order valence-electron chi connectivity index (χ4n) is 3.28. The van der Waals surface area contributed by atoms with Gasteiger partial charge in [0, 0.05) is 36.5 Å². The van der Waals surface area contributed by atoms with Crippen molar-refractivity contribution in [2.45, 2.75) is 23.9 Å². The Morgan fingerprint density at radius 2 is 2.10 bits per heavy atom. The summed E-state index contributed by atoms with van der Waals surface area (Å²) < 4.78 is 14.9. The SMILES string of the molecule is CC(Sc1nc2scc(-c3cccs3)c2c(=O)n1C)C(=O)N(C)Cc1cccc(F)c1. The molecule has 4 rings (SSSR count). The number of thiophene rings is 2. The number of carbonyl (C=O) groups excluding carboxylic acids is 1. The fraction of sp³-hybridized carbons (Fsp3) is 0.227. The van der Waals surface area contributed by atoms with Crippen LogP contribution in [0.4, 0.5) is 4.39 Å². The Bertz CT molecular complexity index is 1300. The van der Waals surface area contributed by atoms with Crippen LogP contribution < -0.4 is 5.56 Å². The smallest absolute Gasteiger partial charge is 0.263 e. The average molecular weight is 474 g/mol. The molecule has 3 aromatic heterocycles. The molecule has 31 heavy (non-hydrogen) atoms. The lowest BCUT2D eigenvalue weighted by Gasteiger charge is -2.21. The Balaban J connectivity index is 1.56. The zero-order chi connectivity index (χ0) is 22.1. The van der Waals surface area contributed by atoms with Crippen LogP contribution in [0.15, 0.2) is 57.1 Å². The normalized spacial score (nSPS) is 12.3. The number of halogens is 1. The molecule has 3 heterocycles. The third-order valence-electron chi connectivity index (χ3n) is 4.88. The van der Waals surface area contributed by atoms with Crippen molar-refractivity contribution in [3.8, 4) is 10.4 Å². The predicted molar refractivity (Wildman–Crippen MR) is 126 cm³/mol. The Morgan fingerprint density at radius 1 is 1.29 bits per heavy atom. The molecule has 160 valence electrons. The summed E-state index contributed by atoms with van der Waals surface area (Å²) in [6.45, 7) is 2.10. The number of carbonyl (C=O) groups is 1. The van der Waals surface area contributed by atoms with Crippen molar-refractivity contribution in [3.63, 3.8) is 0 Å². The molecule has 0 saturated carbocycles. The van der Waals surface area contributed by atoms with Crippen LogP contribution in [-0.4, -0.2) is 32.7 Å². The van der Waals surface area contributed by atoms with Crippen LogP contribution in [0.3, 0.4) is 0 Å². The second-order valence-corrected chi connectivity index (χ2v) is 10.3. The Labute approximate surface area is 191 Å². The van der Waals surface area contributed by atoms with Crippen molar-refractivity contribution in [2.75, 3.05) is 7.05 Å². The van der Waals surface area contributed by atoms with Crippen LogP contribution in [0, 0.1) is 5.82 Å². The lowest BCUT2D eigenvalue weighted by Crippen LogP contribution is -2.33. The van der Waals surface area contributed by atoms with Gasteiger partial charge in [0.25, 0.3) is 5.56 Å². The highest BCUT2D eigenvalue weighted by Gasteiger charge is 2.23. The molecule has 0 saturated heterocycles. The number of benzene rings is 1. The molecule has 1 aromatic carbocycles. The zero-order valence-electron chi connectivity index (χ0n) is 17.2. The molecule has 0 fully saturated rings. The molecule has 0 bridgehead atoms. The van der Waals surface area contributed by atoms with Gasteiger partial charge in [-0.1, -0.05) is 30.0 Å². The van der Waals surface area contributed by atoms with Crippen molar-refractivity contribution in [1.29, 1.82) is 0 Å². The van der Waals surface area contributed by atoms with Gasteiger partial charge in [-0.25, -0.2) is 9.37 Å². The average Bonchev–Trinajstić information content (AvgIpc) is 3.40. The van der Waals surface area contributed by atoms with Crippen molar-refractivity contribution < 1.29 is 9.18 Å². The first-order valence-electron chi connectivity index (χ1n) is 9.53. The Hall–Kier alpha value is -2.49. The molecule has 0 spiro atoms. The number of amides is 1. The van der Waals surface area contributed by atoms with Gasteiger partial charge in [0.15, 0.2) is 5.16 Å². The summed E-state index contributed by atoms with van der Waals surface area (Å²) in [5.74, 6) is -0.444. The predicted octanol–water partition coefficient (Wildman–Crippen LogP) is 5.00. The molecule has 0 radical (unpaired) electrons. The standard InChI is InChI=1S/C22H20FN3O2S3/c1-13(20(27)25(2)11-14-6-4-7-15(23)10-14)31-22-24-19-18(21(28)26(22)3)16(12-30-19)17-8-5-9-29-17/h4-10,12-13H,11H2,1-3H3. The van der Waals surface area contributed by atoms with Crippen LogP contribution in [-0.2, 0) is 18.4 Å². The lowest BCUT2D eigenvalue weighted by molar-refractivity contribution is -0.129. The summed E-state index contributed by atoms with van der Waals surface area (Å²) in [4.78, 5) is 33.9. The van der Waals surface area contributed by atoms with Crippen LogP contribution >= 0.6 is 34.4 Å². The molecule has 9 heteroatoms. The molecule has 0 aliphatic carbocycles. The van der Waals surface area contributed by atoms with Gasteiger partial charge >= 0.3 is 0 Å². The van der Waals surface area contributed by atoms with Gasteiger partial charge in [-0.05, 0) is 36.1 Å². The maximum atomic E-state index is 13.4. The van der Waals surface area contributed by atoms with E-state index in [0.29, 0.717) is 21.9 Å². The molecule has 4 aromatic rings. The van der Waals surface area contributed by atoms with E-state index in [4.69, 9.17) is 0 Å². The summed E-state index contributed by atoms with van der Waals surface area (Å²) in [6.07, 6.45) is 0. The van der Waals surface area contributed by atoms with E-state index in [1.165, 1.54) is 39.8 Å². The van der Waals surface area contributed by atoms with Gasteiger partial charge in [-0.15, -0.1) is 22.7 Å². The van der Waals surface area contributed by atoms with E-state index in [2.05, 4.69) is 4.98 Å². The van der Waals surface area contributed by atoms with Gasteiger partial charge in [-0.3, -0.25) is 14.2 Å². The summed E-state index contributed by atoms with van der Waals surface area (Å²) >= 11 is 4.27. The third-order valence-corrected chi connectivity index (χ3v) is 7.78. The monoisotopic (exact) mass is 473 g/mol. The first-order chi connectivity index (χ1) is 14.8. The second kappa shape index (κ2) is 8.94. The van der Waals surface area contributed by atoms with E-state index in [9.17, 15) is 14.0 Å². The minimum absolute atomic E-state index is 0.117. The minimum Gasteiger partial charge on any atom is -0.340 e. The molecule has 5 nitrogen and oxygen atoms in total. The lowest BCUT2D eigenvalue weighted by atomic mass is 10.2. The van der Waals surface area contributed by atoms with Crippen molar-refractivity contribution >= 4 is 50.6 Å². The van der Waals surface area contributed by atoms with E-state index >= 15 is 0 Å². The largest absolute Gasteiger partial charge is 0.340 e. The second-order valence-electron chi connectivity index (χ2n) is 7.15. The number of hydrogen-bond donors (Lipinski definition) is 0. The Morgan fingerprint density at radius 3 is 2.81 bits per heavy atom. The highest BCUT2D eigenvalue weighted by molar-refractivity contribution is 8.00. The molecular weight excluding hydrogens is 453 g/mol. The van der Waals surface area contributed by atoms with E-state index in [1.807, 2.05) is 22.9 Å². The third kappa shape index (κ3) is 4.44. The molecule has 1 amide bonds. The van der Waals surface area contributed by atoms with Crippen LogP contribution in [0.1, 0.15) is 12.5 Å². The van der Waals surface area contributed by atoms with Gasteiger partial charge in [0.05, 0.1) is 10.6 Å². The maximum Gasteiger partial charge on any atom is 0.263 e. The minimum atomic E-state index is -0.453. The summed E-state index contributed by atoms with van der Waals surface area (Å²) in [6, 6.07) is 10.2. The Kier molecular flexibility index (Phi) is 6.27. The summed E-state index contributed by atoms with van der Waals surface area (Å²) in [5.41, 5.74) is 1.50. The fourth-order valence-corrected chi connectivity index (χ4v) is 6.07. The number of fused-ring (bicyclic) bond motifs is 1. The maximum absolute atomic E-state index is 13.4. The van der Waals surface area contributed by atoms with Crippen LogP contribution in [0.2, 0.25) is 0 Å². The highest BCUT2D eigenvalue weighted by Crippen LogP contribution is 2.35. The van der Waals surface area contributed by atoms with Gasteiger partial charge in [0.2, 0.25) is 5.91 Å². The van der Waals surface area contributed by atoms with Crippen molar-refractivity contribution in [1.82, 2.24) is 14.5 Å². The van der Waals surface area contributed by atoms with Crippen LogP contribution in [0.5, 0.6) is 0 Å². The topological polar surface area (TPSA) is 55.2 Å². The van der Waals surface area contributed by atoms with E-state index in [1.54, 1.807) is 49.4 Å². The quantitative estimate of drug-likeness (QED) is 0.292. The molecule has 0 aliphatic heterocycles. The zero-order valence-corrected chi connectivity index (χ0v) is 19.6. The number of aromatic nitrogens is 2. The van der Waals surface area contributed by atoms with Crippen molar-refractivity contribution in [2.24, 2.45) is 7.05 Å². The van der Waals surface area contributed by atoms with Gasteiger partial charge < -0.3 is 4.90 Å². The first kappa shape index (κ1) is 21.7. The first-order valence-corrected chi connectivity index (χ1v) is 12.2. The van der Waals surface area contributed by atoms with Gasteiger partial charge in [-0.2, -0.15) is 0 Å². The van der Waals surface area contributed by atoms with E-state index in [-0.39, 0.29) is 17.3 Å². The molecular formula is C22H20FN3O2S3. The van der Waals surface area contributed by atoms with E-state index < -0.39 is 5.25 Å². The number of thioether (sulfide) groups is 1. The number of nitrogens with zero attached hydrogens (tertiary/aromatic N) is 3. The van der Waals surface area contributed by atoms with Crippen LogP contribution in [0.25, 0.3) is 20.7 Å². The van der Waals surface area contributed by atoms with Crippen molar-refractivity contribution in [3.05, 3.63) is 68.9 Å². The summed E-state index contributed by atoms with van der Waals surface area (Å²) in [5, 5.41) is 4.60. The highest BCUT2D eigenvalue weighted by atomic mass is 32.2. The van der Waals surface area contributed by atoms with Gasteiger partial charge in [0.1, 0.15) is 10.6 Å². The number of hydrogen-bond acceptors (Lipinski definition) is 6. The number of rotatable bonds is 6. The molecule has 0 aliphatic rings. The summed E-state index contributed by atoms with van der Waals surface area (Å²) in [7, 11) is 3.37.